The zero-order valence-corrected chi connectivity index (χ0v) is 10.4. The summed E-state index contributed by atoms with van der Waals surface area (Å²) in [7, 11) is 1.85. The van der Waals surface area contributed by atoms with Gasteiger partial charge in [0.25, 0.3) is 12.0 Å². The molecule has 3 rings (SSSR count). The molecule has 1 aliphatic rings. The summed E-state index contributed by atoms with van der Waals surface area (Å²) >= 11 is 6.18. The van der Waals surface area contributed by atoms with Gasteiger partial charge in [0.15, 0.2) is 5.52 Å². The fourth-order valence-electron chi connectivity index (χ4n) is 2.14. The average Bonchev–Trinajstić information content (AvgIpc) is 2.79. The summed E-state index contributed by atoms with van der Waals surface area (Å²) in [6, 6.07) is 0. The fourth-order valence-corrected chi connectivity index (χ4v) is 2.32. The Labute approximate surface area is 104 Å². The highest BCUT2D eigenvalue weighted by atomic mass is 35.5. The average molecular weight is 254 g/mol. The van der Waals surface area contributed by atoms with Crippen LogP contribution in [0.4, 0.5) is 0 Å². The monoisotopic (exact) mass is 253 g/mol. The second-order valence-electron chi connectivity index (χ2n) is 4.29. The van der Waals surface area contributed by atoms with Crippen LogP contribution >= 0.6 is 11.6 Å². The zero-order chi connectivity index (χ0) is 11.8. The van der Waals surface area contributed by atoms with Gasteiger partial charge >= 0.3 is 0 Å². The maximum atomic E-state index is 6.18. The van der Waals surface area contributed by atoms with Crippen molar-refractivity contribution in [3.8, 4) is 0 Å². The van der Waals surface area contributed by atoms with Crippen molar-refractivity contribution in [3.63, 3.8) is 0 Å². The first-order chi connectivity index (χ1) is 8.27. The Balaban J connectivity index is 2.08. The number of rotatable bonds is 1. The van der Waals surface area contributed by atoms with Crippen LogP contribution in [-0.2, 0) is 11.8 Å². The van der Waals surface area contributed by atoms with Gasteiger partial charge in [-0.05, 0) is 35.8 Å². The fraction of sp³-hybridized carbons (Fsp3) is 0.545. The predicted molar refractivity (Wildman–Crippen MR) is 62.6 cm³/mol. The number of nitrogens with zero attached hydrogens (tertiary/aromatic N) is 4. The van der Waals surface area contributed by atoms with Gasteiger partial charge in [0, 0.05) is 6.61 Å². The maximum absolute atomic E-state index is 6.18. The molecule has 0 saturated carbocycles. The van der Waals surface area contributed by atoms with Crippen molar-refractivity contribution in [2.75, 3.05) is 6.61 Å². The van der Waals surface area contributed by atoms with E-state index in [1.54, 1.807) is 17.2 Å². The Morgan fingerprint density at radius 2 is 2.35 bits per heavy atom. The van der Waals surface area contributed by atoms with Crippen molar-refractivity contribution in [2.24, 2.45) is 7.05 Å². The topological polar surface area (TPSA) is 43.8 Å². The minimum atomic E-state index is 0.0463. The van der Waals surface area contributed by atoms with Gasteiger partial charge in [0.1, 0.15) is 12.6 Å². The van der Waals surface area contributed by atoms with Crippen molar-refractivity contribution in [1.29, 1.82) is 0 Å². The molecule has 3 heterocycles. The minimum absolute atomic E-state index is 0.0463. The smallest absolute Gasteiger partial charge is 0.289 e. The summed E-state index contributed by atoms with van der Waals surface area (Å²) in [5.74, 6) is 0. The zero-order valence-electron chi connectivity index (χ0n) is 9.64. The number of hydrogen-bond donors (Lipinski definition) is 0. The third-order valence-electron chi connectivity index (χ3n) is 3.09. The SMILES string of the molecule is C[n+]1cnc2c(ncn2C2CCCCO2)c1Cl. The van der Waals surface area contributed by atoms with Gasteiger partial charge in [0.2, 0.25) is 5.15 Å². The van der Waals surface area contributed by atoms with E-state index in [1.165, 1.54) is 6.42 Å². The van der Waals surface area contributed by atoms with Crippen molar-refractivity contribution in [2.45, 2.75) is 25.5 Å². The molecular formula is C11H14ClN4O+. The molecule has 1 unspecified atom stereocenters. The quantitative estimate of drug-likeness (QED) is 0.573. The molecule has 1 saturated heterocycles. The number of ether oxygens (including phenoxy) is 1. The molecule has 1 atom stereocenters. The van der Waals surface area contributed by atoms with Gasteiger partial charge in [-0.25, -0.2) is 9.55 Å². The number of hydrogen-bond acceptors (Lipinski definition) is 3. The second kappa shape index (κ2) is 4.23. The van der Waals surface area contributed by atoms with Crippen LogP contribution in [0.15, 0.2) is 12.7 Å². The van der Waals surface area contributed by atoms with E-state index in [-0.39, 0.29) is 6.23 Å². The maximum Gasteiger partial charge on any atom is 0.289 e. The lowest BCUT2D eigenvalue weighted by Gasteiger charge is -2.22. The second-order valence-corrected chi connectivity index (χ2v) is 4.65. The van der Waals surface area contributed by atoms with Crippen molar-refractivity contribution in [1.82, 2.24) is 14.5 Å². The van der Waals surface area contributed by atoms with Crippen molar-refractivity contribution < 1.29 is 9.30 Å². The van der Waals surface area contributed by atoms with Crippen LogP contribution in [0.2, 0.25) is 5.15 Å². The van der Waals surface area contributed by atoms with Crippen LogP contribution in [0.1, 0.15) is 25.5 Å². The van der Waals surface area contributed by atoms with Crippen LogP contribution in [0, 0.1) is 0 Å². The summed E-state index contributed by atoms with van der Waals surface area (Å²) in [5, 5.41) is 0.601. The third kappa shape index (κ3) is 1.79. The Kier molecular flexibility index (Phi) is 2.72. The van der Waals surface area contributed by atoms with E-state index in [1.807, 2.05) is 11.6 Å². The first-order valence-corrected chi connectivity index (χ1v) is 6.13. The third-order valence-corrected chi connectivity index (χ3v) is 3.54. The number of aryl methyl sites for hydroxylation is 1. The molecule has 6 heteroatoms. The van der Waals surface area contributed by atoms with E-state index >= 15 is 0 Å². The van der Waals surface area contributed by atoms with Crippen molar-refractivity contribution >= 4 is 22.8 Å². The van der Waals surface area contributed by atoms with E-state index in [4.69, 9.17) is 16.3 Å². The first-order valence-electron chi connectivity index (χ1n) is 5.75. The number of halogens is 1. The van der Waals surface area contributed by atoms with Gasteiger partial charge in [-0.2, -0.15) is 0 Å². The Bertz CT molecular complexity index is 548. The number of imidazole rings is 1. The van der Waals surface area contributed by atoms with Crippen molar-refractivity contribution in [3.05, 3.63) is 17.8 Å². The molecule has 0 bridgehead atoms. The number of fused-ring (bicyclic) bond motifs is 1. The lowest BCUT2D eigenvalue weighted by molar-refractivity contribution is -0.670. The van der Waals surface area contributed by atoms with E-state index in [0.717, 1.165) is 30.6 Å². The summed E-state index contributed by atoms with van der Waals surface area (Å²) < 4.78 is 9.46. The molecule has 90 valence electrons. The molecule has 0 aliphatic carbocycles. The van der Waals surface area contributed by atoms with Gasteiger partial charge < -0.3 is 4.74 Å². The lowest BCUT2D eigenvalue weighted by Crippen LogP contribution is -2.30. The summed E-state index contributed by atoms with van der Waals surface area (Å²) in [5.41, 5.74) is 1.52. The summed E-state index contributed by atoms with van der Waals surface area (Å²) in [6.07, 6.45) is 6.83. The summed E-state index contributed by atoms with van der Waals surface area (Å²) in [4.78, 5) is 8.70. The first kappa shape index (κ1) is 10.9. The lowest BCUT2D eigenvalue weighted by atomic mass is 10.2. The highest BCUT2D eigenvalue weighted by Crippen LogP contribution is 2.26. The molecule has 1 aliphatic heterocycles. The van der Waals surface area contributed by atoms with Crippen LogP contribution in [0.5, 0.6) is 0 Å². The highest BCUT2D eigenvalue weighted by Gasteiger charge is 2.23. The highest BCUT2D eigenvalue weighted by molar-refractivity contribution is 6.32. The Morgan fingerprint density at radius 1 is 1.47 bits per heavy atom. The van der Waals surface area contributed by atoms with Crippen LogP contribution in [0.25, 0.3) is 11.2 Å². The molecule has 0 N–H and O–H groups in total. The van der Waals surface area contributed by atoms with E-state index < -0.39 is 0 Å². The molecule has 0 aromatic carbocycles. The largest absolute Gasteiger partial charge is 0.358 e. The molecule has 17 heavy (non-hydrogen) atoms. The molecule has 0 radical (unpaired) electrons. The van der Waals surface area contributed by atoms with Gasteiger partial charge in [0.05, 0.1) is 7.05 Å². The van der Waals surface area contributed by atoms with E-state index in [9.17, 15) is 0 Å². The molecule has 2 aromatic rings. The van der Waals surface area contributed by atoms with Gasteiger partial charge in [-0.3, -0.25) is 4.57 Å². The molecule has 5 nitrogen and oxygen atoms in total. The van der Waals surface area contributed by atoms with Crippen LogP contribution in [-0.4, -0.2) is 21.1 Å². The van der Waals surface area contributed by atoms with Gasteiger partial charge in [-0.1, -0.05) is 0 Å². The standard InChI is InChI=1S/C11H14ClN4O/c1-15-6-14-11-9(10(15)12)13-7-16(11)8-4-2-3-5-17-8/h6-8H,2-5H2,1H3/q+1. The Morgan fingerprint density at radius 3 is 3.12 bits per heavy atom. The van der Waals surface area contributed by atoms with E-state index in [0.29, 0.717) is 5.15 Å². The predicted octanol–water partition coefficient (Wildman–Crippen LogP) is 1.61. The molecule has 0 amide bonds. The van der Waals surface area contributed by atoms with Crippen LogP contribution in [0.3, 0.4) is 0 Å². The van der Waals surface area contributed by atoms with Gasteiger partial charge in [-0.15, -0.1) is 0 Å². The van der Waals surface area contributed by atoms with E-state index in [2.05, 4.69) is 9.97 Å². The molecule has 1 fully saturated rings. The normalized spacial score (nSPS) is 20.9. The Hall–Kier alpha value is -1.20. The molecule has 2 aromatic heterocycles. The number of aromatic nitrogens is 4. The van der Waals surface area contributed by atoms with Crippen LogP contribution < -0.4 is 4.57 Å². The minimum Gasteiger partial charge on any atom is -0.358 e. The summed E-state index contributed by atoms with van der Waals surface area (Å²) in [6.45, 7) is 0.804. The molecular weight excluding hydrogens is 240 g/mol. The molecule has 0 spiro atoms.